The van der Waals surface area contributed by atoms with Crippen LogP contribution < -0.4 is 16.0 Å². The zero-order valence-corrected chi connectivity index (χ0v) is 16.5. The SMILES string of the molecule is Cc1ccc(NC(=S)NC(NC(=O)c2ccco2)C(Cl)(Cl)Cl)cc1C. The molecule has 0 aliphatic carbocycles. The number of anilines is 1. The zero-order valence-electron chi connectivity index (χ0n) is 13.4. The summed E-state index contributed by atoms with van der Waals surface area (Å²) in [6, 6.07) is 8.86. The van der Waals surface area contributed by atoms with E-state index < -0.39 is 15.9 Å². The van der Waals surface area contributed by atoms with E-state index in [-0.39, 0.29) is 10.9 Å². The quantitative estimate of drug-likeness (QED) is 0.391. The molecule has 3 N–H and O–H groups in total. The van der Waals surface area contributed by atoms with E-state index in [2.05, 4.69) is 16.0 Å². The van der Waals surface area contributed by atoms with Gasteiger partial charge in [-0.05, 0) is 61.5 Å². The molecule has 1 amide bonds. The van der Waals surface area contributed by atoms with Gasteiger partial charge in [0.25, 0.3) is 5.91 Å². The van der Waals surface area contributed by atoms with Crippen LogP contribution >= 0.6 is 47.0 Å². The third-order valence-electron chi connectivity index (χ3n) is 3.39. The number of halogens is 3. The maximum Gasteiger partial charge on any atom is 0.288 e. The van der Waals surface area contributed by atoms with Gasteiger partial charge < -0.3 is 20.4 Å². The zero-order chi connectivity index (χ0) is 18.6. The molecule has 0 aliphatic rings. The van der Waals surface area contributed by atoms with Crippen molar-refractivity contribution in [2.75, 3.05) is 5.32 Å². The van der Waals surface area contributed by atoms with E-state index in [1.807, 2.05) is 32.0 Å². The predicted octanol–water partition coefficient (Wildman–Crippen LogP) is 4.31. The Morgan fingerprint density at radius 2 is 1.88 bits per heavy atom. The van der Waals surface area contributed by atoms with Gasteiger partial charge >= 0.3 is 0 Å². The summed E-state index contributed by atoms with van der Waals surface area (Å²) < 4.78 is 3.18. The number of alkyl halides is 3. The smallest absolute Gasteiger partial charge is 0.288 e. The highest BCUT2D eigenvalue weighted by Crippen LogP contribution is 2.29. The first-order chi connectivity index (χ1) is 11.7. The topological polar surface area (TPSA) is 66.3 Å². The lowest BCUT2D eigenvalue weighted by Crippen LogP contribution is -2.56. The highest BCUT2D eigenvalue weighted by atomic mass is 35.6. The Bertz CT molecular complexity index is 760. The largest absolute Gasteiger partial charge is 0.459 e. The van der Waals surface area contributed by atoms with Crippen LogP contribution in [0, 0.1) is 13.8 Å². The Kier molecular flexibility index (Phi) is 6.57. The van der Waals surface area contributed by atoms with Gasteiger partial charge in [0.05, 0.1) is 6.26 Å². The Balaban J connectivity index is 2.04. The summed E-state index contributed by atoms with van der Waals surface area (Å²) in [6.45, 7) is 4.00. The molecule has 0 saturated heterocycles. The first kappa shape index (κ1) is 19.8. The number of carbonyl (C=O) groups excluding carboxylic acids is 1. The number of carbonyl (C=O) groups is 1. The van der Waals surface area contributed by atoms with Crippen LogP contribution in [0.2, 0.25) is 0 Å². The van der Waals surface area contributed by atoms with Gasteiger partial charge in [0.2, 0.25) is 3.79 Å². The molecular weight excluding hydrogens is 405 g/mol. The molecule has 9 heteroatoms. The van der Waals surface area contributed by atoms with E-state index in [1.54, 1.807) is 6.07 Å². The van der Waals surface area contributed by atoms with Crippen LogP contribution in [0.4, 0.5) is 5.69 Å². The fraction of sp³-hybridized carbons (Fsp3) is 0.250. The standard InChI is InChI=1S/C16H16Cl3N3O2S/c1-9-5-6-11(8-10(9)2)20-15(25)22-14(16(17,18)19)21-13(23)12-4-3-7-24-12/h3-8,14H,1-2H3,(H,21,23)(H2,20,22,25). The molecule has 5 nitrogen and oxygen atoms in total. The molecule has 1 unspecified atom stereocenters. The monoisotopic (exact) mass is 419 g/mol. The second kappa shape index (κ2) is 8.27. The summed E-state index contributed by atoms with van der Waals surface area (Å²) >= 11 is 23.0. The number of nitrogens with one attached hydrogen (secondary N) is 3. The van der Waals surface area contributed by atoms with Gasteiger partial charge in [0.1, 0.15) is 6.17 Å². The van der Waals surface area contributed by atoms with Crippen molar-refractivity contribution in [3.8, 4) is 0 Å². The molecule has 0 bridgehead atoms. The molecule has 0 radical (unpaired) electrons. The number of amides is 1. The van der Waals surface area contributed by atoms with Gasteiger partial charge in [0, 0.05) is 5.69 Å². The summed E-state index contributed by atoms with van der Waals surface area (Å²) in [5.74, 6) is -0.447. The van der Waals surface area contributed by atoms with Crippen molar-refractivity contribution in [1.29, 1.82) is 0 Å². The summed E-state index contributed by atoms with van der Waals surface area (Å²) in [5.41, 5.74) is 3.05. The Morgan fingerprint density at radius 3 is 2.44 bits per heavy atom. The van der Waals surface area contributed by atoms with Gasteiger partial charge in [-0.25, -0.2) is 0 Å². The van der Waals surface area contributed by atoms with Gasteiger partial charge in [-0.3, -0.25) is 4.79 Å². The molecule has 1 heterocycles. The van der Waals surface area contributed by atoms with Crippen LogP contribution in [-0.2, 0) is 0 Å². The lowest BCUT2D eigenvalue weighted by atomic mass is 10.1. The molecule has 0 aliphatic heterocycles. The van der Waals surface area contributed by atoms with Crippen LogP contribution in [0.15, 0.2) is 41.0 Å². The molecule has 2 rings (SSSR count). The van der Waals surface area contributed by atoms with Crippen LogP contribution in [0.5, 0.6) is 0 Å². The summed E-state index contributed by atoms with van der Waals surface area (Å²) in [5, 5.41) is 8.50. The highest BCUT2D eigenvalue weighted by Gasteiger charge is 2.35. The maximum atomic E-state index is 12.1. The molecule has 25 heavy (non-hydrogen) atoms. The first-order valence-electron chi connectivity index (χ1n) is 7.22. The average Bonchev–Trinajstić information content (AvgIpc) is 3.03. The van der Waals surface area contributed by atoms with Crippen LogP contribution in [-0.4, -0.2) is 21.0 Å². The molecule has 0 fully saturated rings. The van der Waals surface area contributed by atoms with Crippen molar-refractivity contribution in [3.63, 3.8) is 0 Å². The van der Waals surface area contributed by atoms with Crippen LogP contribution in [0.3, 0.4) is 0 Å². The third kappa shape index (κ3) is 5.78. The number of furan rings is 1. The van der Waals surface area contributed by atoms with Crippen molar-refractivity contribution in [3.05, 3.63) is 53.5 Å². The third-order valence-corrected chi connectivity index (χ3v) is 4.26. The number of aryl methyl sites for hydroxylation is 2. The van der Waals surface area contributed by atoms with Crippen LogP contribution in [0.1, 0.15) is 21.7 Å². The number of rotatable bonds is 4. The average molecular weight is 421 g/mol. The highest BCUT2D eigenvalue weighted by molar-refractivity contribution is 7.80. The first-order valence-corrected chi connectivity index (χ1v) is 8.77. The van der Waals surface area contributed by atoms with Crippen molar-refractivity contribution in [2.24, 2.45) is 0 Å². The molecule has 1 aromatic carbocycles. The predicted molar refractivity (Wildman–Crippen MR) is 106 cm³/mol. The summed E-state index contributed by atoms with van der Waals surface area (Å²) in [4.78, 5) is 12.1. The second-order valence-electron chi connectivity index (χ2n) is 5.32. The normalized spacial score (nSPS) is 12.4. The number of hydrogen-bond donors (Lipinski definition) is 3. The van der Waals surface area contributed by atoms with E-state index in [4.69, 9.17) is 51.4 Å². The second-order valence-corrected chi connectivity index (χ2v) is 8.10. The van der Waals surface area contributed by atoms with Gasteiger partial charge in [0.15, 0.2) is 10.9 Å². The molecule has 2 aromatic rings. The van der Waals surface area contributed by atoms with E-state index in [9.17, 15) is 4.79 Å². The fourth-order valence-electron chi connectivity index (χ4n) is 1.93. The maximum absolute atomic E-state index is 12.1. The minimum Gasteiger partial charge on any atom is -0.459 e. The Labute approximate surface area is 166 Å². The van der Waals surface area contributed by atoms with E-state index in [1.165, 1.54) is 12.3 Å². The minimum absolute atomic E-state index is 0.0917. The fourth-order valence-corrected chi connectivity index (χ4v) is 2.49. The van der Waals surface area contributed by atoms with Crippen molar-refractivity contribution < 1.29 is 9.21 Å². The van der Waals surface area contributed by atoms with Gasteiger partial charge in [-0.1, -0.05) is 40.9 Å². The molecule has 1 aromatic heterocycles. The van der Waals surface area contributed by atoms with E-state index >= 15 is 0 Å². The molecular formula is C16H16Cl3N3O2S. The molecule has 134 valence electrons. The summed E-state index contributed by atoms with van der Waals surface area (Å²) in [6.07, 6.45) is 0.306. The van der Waals surface area contributed by atoms with E-state index in [0.29, 0.717) is 0 Å². The molecule has 0 saturated carbocycles. The van der Waals surface area contributed by atoms with Gasteiger partial charge in [-0.15, -0.1) is 0 Å². The Hall–Kier alpha value is -1.47. The van der Waals surface area contributed by atoms with Crippen molar-refractivity contribution >= 4 is 63.7 Å². The molecule has 1 atom stereocenters. The molecule has 0 spiro atoms. The lowest BCUT2D eigenvalue weighted by Gasteiger charge is -2.27. The number of benzene rings is 1. The number of thiocarbonyl (C=S) groups is 1. The number of hydrogen-bond acceptors (Lipinski definition) is 3. The minimum atomic E-state index is -1.84. The van der Waals surface area contributed by atoms with Crippen molar-refractivity contribution in [2.45, 2.75) is 23.8 Å². The van der Waals surface area contributed by atoms with Crippen molar-refractivity contribution in [1.82, 2.24) is 10.6 Å². The Morgan fingerprint density at radius 1 is 1.16 bits per heavy atom. The van der Waals surface area contributed by atoms with E-state index in [0.717, 1.165) is 16.8 Å². The van der Waals surface area contributed by atoms with Crippen LogP contribution in [0.25, 0.3) is 0 Å². The van der Waals surface area contributed by atoms with Gasteiger partial charge in [-0.2, -0.15) is 0 Å². The lowest BCUT2D eigenvalue weighted by molar-refractivity contribution is 0.0906. The summed E-state index contributed by atoms with van der Waals surface area (Å²) in [7, 11) is 0.